The van der Waals surface area contributed by atoms with E-state index in [1.807, 2.05) is 69.2 Å². The van der Waals surface area contributed by atoms with Crippen molar-refractivity contribution in [3.8, 4) is 11.3 Å². The van der Waals surface area contributed by atoms with Gasteiger partial charge in [0.1, 0.15) is 0 Å². The average Bonchev–Trinajstić information content (AvgIpc) is 3.10. The molecule has 1 amide bonds. The Bertz CT molecular complexity index is 995. The summed E-state index contributed by atoms with van der Waals surface area (Å²) >= 11 is 0. The highest BCUT2D eigenvalue weighted by atomic mass is 16.2. The minimum atomic E-state index is -0.110. The van der Waals surface area contributed by atoms with E-state index in [0.29, 0.717) is 5.56 Å². The Morgan fingerprint density at radius 3 is 2.52 bits per heavy atom. The van der Waals surface area contributed by atoms with Crippen LogP contribution < -0.4 is 0 Å². The lowest BCUT2D eigenvalue weighted by molar-refractivity contribution is 0.0757. The number of hydrogen-bond donors (Lipinski definition) is 0. The summed E-state index contributed by atoms with van der Waals surface area (Å²) in [6.07, 6.45) is 3.81. The van der Waals surface area contributed by atoms with Crippen molar-refractivity contribution >= 4 is 16.8 Å². The molecule has 0 saturated heterocycles. The number of aryl methyl sites for hydroxylation is 1. The normalized spacial score (nSPS) is 12.0. The number of hydrogen-bond acceptors (Lipinski definition) is 3. The standard InChI is InChI=1S/C22H28N4O/c1-14(2)25(7)21(27)18-11-19(16-12-23-26(13-16)22(4,5)6)24-20-15(3)9-8-10-17(18)20/h8-14H,1-7H3. The van der Waals surface area contributed by atoms with Crippen LogP contribution in [0.1, 0.15) is 50.5 Å². The van der Waals surface area contributed by atoms with Crippen molar-refractivity contribution in [3.63, 3.8) is 0 Å². The Balaban J connectivity index is 2.22. The van der Waals surface area contributed by atoms with Gasteiger partial charge in [0.15, 0.2) is 0 Å². The van der Waals surface area contributed by atoms with Gasteiger partial charge in [0.2, 0.25) is 0 Å². The van der Waals surface area contributed by atoms with Crippen LogP contribution in [0.25, 0.3) is 22.2 Å². The molecular formula is C22H28N4O. The van der Waals surface area contributed by atoms with E-state index in [0.717, 1.165) is 27.7 Å². The van der Waals surface area contributed by atoms with Crippen molar-refractivity contribution in [1.29, 1.82) is 0 Å². The van der Waals surface area contributed by atoms with Crippen molar-refractivity contribution < 1.29 is 4.79 Å². The molecule has 3 aromatic rings. The number of para-hydroxylation sites is 1. The van der Waals surface area contributed by atoms with Crippen LogP contribution in [0.15, 0.2) is 36.7 Å². The van der Waals surface area contributed by atoms with Gasteiger partial charge in [0.25, 0.3) is 5.91 Å². The summed E-state index contributed by atoms with van der Waals surface area (Å²) < 4.78 is 1.92. The van der Waals surface area contributed by atoms with Crippen LogP contribution >= 0.6 is 0 Å². The number of fused-ring (bicyclic) bond motifs is 1. The smallest absolute Gasteiger partial charge is 0.254 e. The zero-order chi connectivity index (χ0) is 19.9. The number of carbonyl (C=O) groups is 1. The maximum absolute atomic E-state index is 13.1. The third-order valence-corrected chi connectivity index (χ3v) is 4.93. The van der Waals surface area contributed by atoms with E-state index in [2.05, 4.69) is 25.9 Å². The molecule has 2 aromatic heterocycles. The van der Waals surface area contributed by atoms with Gasteiger partial charge in [-0.25, -0.2) is 4.98 Å². The molecule has 0 N–H and O–H groups in total. The Kier molecular flexibility index (Phi) is 4.81. The van der Waals surface area contributed by atoms with Gasteiger partial charge in [0.05, 0.1) is 28.5 Å². The van der Waals surface area contributed by atoms with E-state index in [1.54, 1.807) is 4.90 Å². The Morgan fingerprint density at radius 1 is 1.22 bits per heavy atom. The number of benzene rings is 1. The molecule has 0 fully saturated rings. The number of pyridine rings is 1. The van der Waals surface area contributed by atoms with Crippen LogP contribution in [-0.2, 0) is 5.54 Å². The number of amides is 1. The zero-order valence-corrected chi connectivity index (χ0v) is 17.2. The van der Waals surface area contributed by atoms with E-state index in [-0.39, 0.29) is 17.5 Å². The van der Waals surface area contributed by atoms with Crippen molar-refractivity contribution in [2.45, 2.75) is 53.1 Å². The van der Waals surface area contributed by atoms with Gasteiger partial charge < -0.3 is 4.90 Å². The quantitative estimate of drug-likeness (QED) is 0.680. The lowest BCUT2D eigenvalue weighted by Gasteiger charge is -2.22. The summed E-state index contributed by atoms with van der Waals surface area (Å²) in [6.45, 7) is 12.4. The Morgan fingerprint density at radius 2 is 1.93 bits per heavy atom. The fraction of sp³-hybridized carbons (Fsp3) is 0.409. The molecule has 5 nitrogen and oxygen atoms in total. The number of carbonyl (C=O) groups excluding carboxylic acids is 1. The highest BCUT2D eigenvalue weighted by molar-refractivity contribution is 6.07. The highest BCUT2D eigenvalue weighted by Crippen LogP contribution is 2.28. The largest absolute Gasteiger partial charge is 0.339 e. The van der Waals surface area contributed by atoms with Gasteiger partial charge in [-0.15, -0.1) is 0 Å². The van der Waals surface area contributed by atoms with Crippen molar-refractivity contribution in [2.75, 3.05) is 7.05 Å². The van der Waals surface area contributed by atoms with Gasteiger partial charge in [-0.05, 0) is 53.2 Å². The van der Waals surface area contributed by atoms with Crippen LogP contribution in [0.4, 0.5) is 0 Å². The topological polar surface area (TPSA) is 51.0 Å². The summed E-state index contributed by atoms with van der Waals surface area (Å²) in [6, 6.07) is 7.99. The summed E-state index contributed by atoms with van der Waals surface area (Å²) in [5.74, 6) is 0.00691. The Hall–Kier alpha value is -2.69. The van der Waals surface area contributed by atoms with Crippen LogP contribution in [0, 0.1) is 6.92 Å². The Labute approximate surface area is 161 Å². The van der Waals surface area contributed by atoms with Gasteiger partial charge in [0, 0.05) is 30.2 Å². The van der Waals surface area contributed by atoms with Crippen molar-refractivity contribution in [1.82, 2.24) is 19.7 Å². The van der Waals surface area contributed by atoms with E-state index in [9.17, 15) is 4.79 Å². The second-order valence-corrected chi connectivity index (χ2v) is 8.38. The first-order valence-corrected chi connectivity index (χ1v) is 9.32. The summed E-state index contributed by atoms with van der Waals surface area (Å²) in [5, 5.41) is 5.37. The van der Waals surface area contributed by atoms with Gasteiger partial charge in [-0.1, -0.05) is 18.2 Å². The zero-order valence-electron chi connectivity index (χ0n) is 17.2. The van der Waals surface area contributed by atoms with Crippen LogP contribution in [-0.4, -0.2) is 38.7 Å². The van der Waals surface area contributed by atoms with Gasteiger partial charge in [-0.3, -0.25) is 9.48 Å². The lowest BCUT2D eigenvalue weighted by atomic mass is 10.0. The van der Waals surface area contributed by atoms with Crippen LogP contribution in [0.5, 0.6) is 0 Å². The molecule has 0 aliphatic heterocycles. The van der Waals surface area contributed by atoms with E-state index >= 15 is 0 Å². The molecule has 0 bridgehead atoms. The van der Waals surface area contributed by atoms with Crippen molar-refractivity contribution in [2.24, 2.45) is 0 Å². The first-order valence-electron chi connectivity index (χ1n) is 9.32. The highest BCUT2D eigenvalue weighted by Gasteiger charge is 2.21. The third-order valence-electron chi connectivity index (χ3n) is 4.93. The molecule has 5 heteroatoms. The molecule has 0 radical (unpaired) electrons. The number of nitrogens with zero attached hydrogens (tertiary/aromatic N) is 4. The minimum Gasteiger partial charge on any atom is -0.339 e. The maximum Gasteiger partial charge on any atom is 0.254 e. The molecule has 1 aromatic carbocycles. The fourth-order valence-corrected chi connectivity index (χ4v) is 2.96. The molecule has 0 spiro atoms. The minimum absolute atomic E-state index is 0.00691. The van der Waals surface area contributed by atoms with E-state index in [1.165, 1.54) is 0 Å². The van der Waals surface area contributed by atoms with Crippen molar-refractivity contribution in [3.05, 3.63) is 47.8 Å². The average molecular weight is 364 g/mol. The number of rotatable bonds is 3. The van der Waals surface area contributed by atoms with Gasteiger partial charge >= 0.3 is 0 Å². The lowest BCUT2D eigenvalue weighted by Crippen LogP contribution is -2.33. The van der Waals surface area contributed by atoms with Crippen LogP contribution in [0.2, 0.25) is 0 Å². The maximum atomic E-state index is 13.1. The molecule has 2 heterocycles. The third kappa shape index (κ3) is 3.59. The number of aromatic nitrogens is 3. The van der Waals surface area contributed by atoms with Gasteiger partial charge in [-0.2, -0.15) is 5.10 Å². The summed E-state index contributed by atoms with van der Waals surface area (Å²) in [5.41, 5.74) is 4.17. The van der Waals surface area contributed by atoms with E-state index < -0.39 is 0 Å². The van der Waals surface area contributed by atoms with E-state index in [4.69, 9.17) is 4.98 Å². The predicted octanol–water partition coefficient (Wildman–Crippen LogP) is 4.64. The molecule has 0 unspecified atom stereocenters. The molecule has 0 atom stereocenters. The predicted molar refractivity (Wildman–Crippen MR) is 110 cm³/mol. The molecule has 3 rings (SSSR count). The molecule has 0 aliphatic carbocycles. The summed E-state index contributed by atoms with van der Waals surface area (Å²) in [7, 11) is 1.84. The fourth-order valence-electron chi connectivity index (χ4n) is 2.96. The molecular weight excluding hydrogens is 336 g/mol. The summed E-state index contributed by atoms with van der Waals surface area (Å²) in [4.78, 5) is 19.8. The molecule has 142 valence electrons. The second-order valence-electron chi connectivity index (χ2n) is 8.38. The molecule has 0 saturated carbocycles. The molecule has 0 aliphatic rings. The monoisotopic (exact) mass is 364 g/mol. The first-order chi connectivity index (χ1) is 12.6. The second kappa shape index (κ2) is 6.80. The van der Waals surface area contributed by atoms with Crippen LogP contribution in [0.3, 0.4) is 0 Å². The SMILES string of the molecule is Cc1cccc2c(C(=O)N(C)C(C)C)cc(-c3cnn(C(C)(C)C)c3)nc12. The first kappa shape index (κ1) is 19.1. The molecule has 27 heavy (non-hydrogen) atoms.